The monoisotopic (exact) mass is 771 g/mol. The van der Waals surface area contributed by atoms with Gasteiger partial charge in [0.05, 0.1) is 255 Å². The van der Waals surface area contributed by atoms with E-state index in [0.717, 1.165) is 0 Å². The summed E-state index contributed by atoms with van der Waals surface area (Å²) in [6, 6.07) is 0. The molecule has 0 unspecified atom stereocenters. The summed E-state index contributed by atoms with van der Waals surface area (Å²) in [6.07, 6.45) is 19.5. The molecule has 64 heteroatoms. The van der Waals surface area contributed by atoms with Crippen molar-refractivity contribution in [3.8, 4) is 0 Å². The Bertz CT molecular complexity index is 1020. The first kappa shape index (κ1) is 68.2. The second-order valence-electron chi connectivity index (χ2n) is 28.8. The molecular formula is H66B64. The van der Waals surface area contributed by atoms with Crippen LogP contribution in [0.1, 0.15) is 0 Å². The van der Waals surface area contributed by atoms with Crippen molar-refractivity contribution in [3.05, 3.63) is 0 Å². The van der Waals surface area contributed by atoms with Crippen LogP contribution >= 0.6 is 0 Å². The van der Waals surface area contributed by atoms with Gasteiger partial charge in [0, 0.05) is 198 Å². The highest BCUT2D eigenvalue weighted by Gasteiger charge is 2.64. The summed E-state index contributed by atoms with van der Waals surface area (Å²) in [5.74, 6) is 0. The average Bonchev–Trinajstić information content (AvgIpc) is 3.07. The first-order valence-electron chi connectivity index (χ1n) is 29.1. The lowest BCUT2D eigenvalue weighted by Gasteiger charge is -2.59. The SMILES string of the molecule is BB(B)B(B)B(B(B)B)B(B(B(B)B)B(B)B)B(B(B(B(B)B)B(B)B)B(B(B)B)B(B)B)B(B(B(B(B)B)B(B)B)B(B(B)B)B(B)B)B(B(B(B)B)B(B)B)B(B(B)B)B(B)B. The van der Waals surface area contributed by atoms with Gasteiger partial charge in [0.2, 0.25) is 0 Å². The Labute approximate surface area is 449 Å². The van der Waals surface area contributed by atoms with E-state index in [4.69, 9.17) is 0 Å². The zero-order chi connectivity index (χ0) is 50.9. The second-order valence-corrected chi connectivity index (χ2v) is 28.8. The maximum absolute atomic E-state index is 2.73. The highest BCUT2D eigenvalue weighted by molar-refractivity contribution is 8.38. The summed E-state index contributed by atoms with van der Waals surface area (Å²) in [7, 11) is 87.8. The van der Waals surface area contributed by atoms with E-state index in [-0.39, 0.29) is 0 Å². The van der Waals surface area contributed by atoms with Crippen LogP contribution < -0.4 is 0 Å². The van der Waals surface area contributed by atoms with Crippen molar-refractivity contribution in [2.45, 2.75) is 0 Å². The van der Waals surface area contributed by atoms with Crippen molar-refractivity contribution in [2.75, 3.05) is 0 Å². The van der Waals surface area contributed by atoms with Crippen molar-refractivity contribution >= 4 is 453 Å². The smallest absolute Gasteiger partial charge is 0.00000683 e. The molecule has 0 aromatic rings. The lowest BCUT2D eigenvalue weighted by Crippen LogP contribution is -2.97. The van der Waals surface area contributed by atoms with E-state index < -0.39 is 0 Å². The largest absolute Gasteiger partial charge is 0.0552 e. The Hall–Kier alpha value is 4.16. The lowest BCUT2D eigenvalue weighted by atomic mass is 8.22. The zero-order valence-electron chi connectivity index (χ0n) is 50.9. The molecule has 258 valence electrons. The number of hydrogen-bond acceptors (Lipinski definition) is 0. The van der Waals surface area contributed by atoms with Crippen molar-refractivity contribution < 1.29 is 0 Å². The van der Waals surface area contributed by atoms with Crippen LogP contribution in [0.15, 0.2) is 0 Å². The lowest BCUT2D eigenvalue weighted by molar-refractivity contribution is 3.16. The molecule has 0 N–H and O–H groups in total. The molecule has 0 heterocycles. The summed E-state index contributed by atoms with van der Waals surface area (Å²) in [5.41, 5.74) is 0. The Balaban J connectivity index is 11.1. The van der Waals surface area contributed by atoms with Gasteiger partial charge in [0.1, 0.15) is 0 Å². The Morgan fingerprint density at radius 3 is 0.281 bits per heavy atom. The Kier molecular flexibility index (Phi) is 33.2. The topological polar surface area (TPSA) is 0 Å². The van der Waals surface area contributed by atoms with Gasteiger partial charge >= 0.3 is 0 Å². The van der Waals surface area contributed by atoms with Crippen LogP contribution in [-0.4, -0.2) is 453 Å². The molecule has 0 amide bonds. The third-order valence-corrected chi connectivity index (χ3v) is 19.0. The molecule has 0 aliphatic heterocycles. The molecule has 0 fully saturated rings. The molecule has 0 radical (unpaired) electrons. The third-order valence-electron chi connectivity index (χ3n) is 19.0. The standard InChI is InChI=1S/B64H66/c1-34(2)50(33)58(49(31)32)62(57(47(27)28)48(29)30)64(61(55(43(19)20)44(21)22)56(45(23)24)46(25)26)63(59(51(35(3)4)36(5)6)52(37(7)8)38(9)10)60(53(39(11)12)40(13)14)54(41(15)16)42(17)18/h1-33H2. The quantitative estimate of drug-likeness (QED) is 0.0640. The van der Waals surface area contributed by atoms with E-state index in [1.165, 1.54) is 0 Å². The summed E-state index contributed by atoms with van der Waals surface area (Å²) >= 11 is 0. The van der Waals surface area contributed by atoms with Crippen LogP contribution in [0.5, 0.6) is 0 Å². The van der Waals surface area contributed by atoms with Gasteiger partial charge in [-0.1, -0.05) is 0 Å². The molecule has 0 saturated heterocycles. The van der Waals surface area contributed by atoms with E-state index in [1.807, 2.05) is 0 Å². The van der Waals surface area contributed by atoms with Crippen LogP contribution in [0, 0.1) is 0 Å². The molecular weight excluding hydrogens is 692 g/mol. The first-order valence-corrected chi connectivity index (χ1v) is 29.1. The minimum absolute atomic E-state index is 0.600. The van der Waals surface area contributed by atoms with E-state index in [1.54, 1.807) is 0 Å². The van der Waals surface area contributed by atoms with E-state index in [0.29, 0.717) is 198 Å². The predicted molar refractivity (Wildman–Crippen MR) is 460 cm³/mol. The van der Waals surface area contributed by atoms with E-state index in [9.17, 15) is 0 Å². The van der Waals surface area contributed by atoms with Crippen LogP contribution in [-0.2, 0) is 0 Å². The highest BCUT2D eigenvalue weighted by Crippen LogP contribution is 2.25. The molecule has 0 aliphatic carbocycles. The van der Waals surface area contributed by atoms with Crippen LogP contribution in [0.4, 0.5) is 0 Å². The summed E-state index contributed by atoms with van der Waals surface area (Å²) in [4.78, 5) is 0. The van der Waals surface area contributed by atoms with Crippen molar-refractivity contribution in [2.24, 2.45) is 0 Å². The normalized spacial score (nSPS) is 9.75. The van der Waals surface area contributed by atoms with Crippen LogP contribution in [0.2, 0.25) is 0 Å². The highest BCUT2D eigenvalue weighted by atomic mass is 13.4. The Morgan fingerprint density at radius 2 is 0.188 bits per heavy atom. The van der Waals surface area contributed by atoms with Gasteiger partial charge < -0.3 is 0 Å². The minimum Gasteiger partial charge on any atom is 0.00000683 e. The maximum atomic E-state index is 2.73. The fraction of sp³-hybridized carbons (Fsp3) is 0. The maximum Gasteiger partial charge on any atom is 0.0552 e. The van der Waals surface area contributed by atoms with Gasteiger partial charge in [-0.15, -0.1) is 0 Å². The Morgan fingerprint density at radius 1 is 0.0938 bits per heavy atom. The molecule has 0 aromatic carbocycles. The van der Waals surface area contributed by atoms with Crippen molar-refractivity contribution in [1.29, 1.82) is 0 Å². The number of rotatable bonds is 30. The van der Waals surface area contributed by atoms with Gasteiger partial charge in [-0.05, 0) is 0 Å². The van der Waals surface area contributed by atoms with Crippen LogP contribution in [0.25, 0.3) is 0 Å². The van der Waals surface area contributed by atoms with Crippen molar-refractivity contribution in [3.63, 3.8) is 0 Å². The summed E-state index contributed by atoms with van der Waals surface area (Å²) in [5, 5.41) is 0. The van der Waals surface area contributed by atoms with Gasteiger partial charge in [-0.3, -0.25) is 0 Å². The van der Waals surface area contributed by atoms with Crippen molar-refractivity contribution in [1.82, 2.24) is 0 Å². The molecule has 0 atom stereocenters. The fourth-order valence-electron chi connectivity index (χ4n) is 18.1. The van der Waals surface area contributed by atoms with Gasteiger partial charge in [0.25, 0.3) is 0 Å². The molecule has 0 nitrogen and oxygen atoms in total. The minimum atomic E-state index is 0.600. The number of hydrogen-bond donors (Lipinski definition) is 0. The van der Waals surface area contributed by atoms with Gasteiger partial charge in [0.15, 0.2) is 0 Å². The molecule has 0 rings (SSSR count). The van der Waals surface area contributed by atoms with Gasteiger partial charge in [-0.25, -0.2) is 0 Å². The van der Waals surface area contributed by atoms with E-state index in [2.05, 4.69) is 255 Å². The predicted octanol–water partition coefficient (Wildman–Crippen LogP) is -42.0. The van der Waals surface area contributed by atoms with Crippen LogP contribution in [0.3, 0.4) is 0 Å². The van der Waals surface area contributed by atoms with Gasteiger partial charge in [-0.2, -0.15) is 0 Å². The average molecular weight is 758 g/mol. The third kappa shape index (κ3) is 18.2. The fourth-order valence-corrected chi connectivity index (χ4v) is 18.1. The van der Waals surface area contributed by atoms with E-state index >= 15 is 0 Å². The first-order chi connectivity index (χ1) is 29.1. The molecule has 64 heavy (non-hydrogen) atoms. The molecule has 0 bridgehead atoms. The summed E-state index contributed by atoms with van der Waals surface area (Å²) in [6.45, 7) is 0. The molecule has 0 aliphatic rings. The molecule has 0 saturated carbocycles. The molecule has 0 spiro atoms. The second kappa shape index (κ2) is 31.1. The summed E-state index contributed by atoms with van der Waals surface area (Å²) < 4.78 is 0. The zero-order valence-corrected chi connectivity index (χ0v) is 50.9. The molecule has 0 aromatic heterocycles.